The second-order valence-corrected chi connectivity index (χ2v) is 10.6. The van der Waals surface area contributed by atoms with Crippen molar-refractivity contribution in [1.29, 1.82) is 0 Å². The van der Waals surface area contributed by atoms with Crippen LogP contribution in [0.5, 0.6) is 0 Å². The third-order valence-electron chi connectivity index (χ3n) is 6.53. The molecule has 4 heterocycles. The van der Waals surface area contributed by atoms with E-state index in [-0.39, 0.29) is 12.1 Å². The summed E-state index contributed by atoms with van der Waals surface area (Å²) in [4.78, 5) is 16.8. The average Bonchev–Trinajstić information content (AvgIpc) is 3.57. The monoisotopic (exact) mass is 502 g/mol. The number of ether oxygens (including phenoxy) is 2. The van der Waals surface area contributed by atoms with Crippen LogP contribution in [0.25, 0.3) is 33.3 Å². The minimum Gasteiger partial charge on any atom is -0.444 e. The van der Waals surface area contributed by atoms with Gasteiger partial charge in [-0.15, -0.1) is 0 Å². The van der Waals surface area contributed by atoms with Crippen LogP contribution < -0.4 is 5.32 Å². The summed E-state index contributed by atoms with van der Waals surface area (Å²) in [5, 5.41) is 15.8. The van der Waals surface area contributed by atoms with Gasteiger partial charge in [-0.2, -0.15) is 10.2 Å². The quantitative estimate of drug-likeness (QED) is 0.344. The van der Waals surface area contributed by atoms with Gasteiger partial charge in [0.15, 0.2) is 0 Å². The van der Waals surface area contributed by atoms with Gasteiger partial charge in [0.2, 0.25) is 0 Å². The van der Waals surface area contributed by atoms with Crippen molar-refractivity contribution >= 4 is 17.0 Å². The lowest BCUT2D eigenvalue weighted by Crippen LogP contribution is -2.34. The van der Waals surface area contributed by atoms with Crippen molar-refractivity contribution in [3.8, 4) is 22.4 Å². The Labute approximate surface area is 216 Å². The molecule has 1 saturated heterocycles. The molecule has 2 atom stereocenters. The molecule has 194 valence electrons. The van der Waals surface area contributed by atoms with Crippen molar-refractivity contribution in [2.24, 2.45) is 0 Å². The van der Waals surface area contributed by atoms with E-state index in [1.165, 1.54) is 0 Å². The lowest BCUT2D eigenvalue weighted by atomic mass is 9.95. The standard InChI is InChI=1S/C28H34N6O3/c1-18(13-30-27(35)37-28(2,3)4)19-8-10-23(29-14-19)21-9-11-24-22(26(21)20-15-31-32-16-20)17-34(33-24)25-7-5-6-12-36-25/h8-11,14-18,25H,5-7,12-13H2,1-4H3,(H,30,35)(H,31,32). The molecule has 1 amide bonds. The number of carbonyl (C=O) groups is 1. The molecule has 0 aliphatic carbocycles. The fraction of sp³-hybridized carbons (Fsp3) is 0.429. The SMILES string of the molecule is CC(CNC(=O)OC(C)(C)C)c1ccc(-c2ccc3nn(C4CCCCO4)cc3c2-c2cn[nH]c2)nc1. The first kappa shape index (κ1) is 25.0. The smallest absolute Gasteiger partial charge is 0.407 e. The highest BCUT2D eigenvalue weighted by molar-refractivity contribution is 6.01. The van der Waals surface area contributed by atoms with Gasteiger partial charge in [-0.3, -0.25) is 10.1 Å². The molecule has 3 aromatic heterocycles. The largest absolute Gasteiger partial charge is 0.444 e. The first-order valence-electron chi connectivity index (χ1n) is 12.8. The number of rotatable bonds is 6. The number of hydrogen-bond donors (Lipinski definition) is 2. The van der Waals surface area contributed by atoms with Crippen LogP contribution in [-0.2, 0) is 9.47 Å². The zero-order valence-electron chi connectivity index (χ0n) is 21.8. The summed E-state index contributed by atoms with van der Waals surface area (Å²) < 4.78 is 13.3. The summed E-state index contributed by atoms with van der Waals surface area (Å²) in [6, 6.07) is 8.20. The van der Waals surface area contributed by atoms with Crippen molar-refractivity contribution in [2.75, 3.05) is 13.2 Å². The van der Waals surface area contributed by atoms with Gasteiger partial charge >= 0.3 is 6.09 Å². The molecular weight excluding hydrogens is 468 g/mol. The molecule has 9 nitrogen and oxygen atoms in total. The molecule has 1 aliphatic heterocycles. The number of nitrogens with zero attached hydrogens (tertiary/aromatic N) is 4. The van der Waals surface area contributed by atoms with Crippen molar-refractivity contribution in [3.63, 3.8) is 0 Å². The topological polar surface area (TPSA) is 107 Å². The Balaban J connectivity index is 1.42. The number of aromatic amines is 1. The number of H-pyrrole nitrogens is 1. The van der Waals surface area contributed by atoms with Gasteiger partial charge < -0.3 is 14.8 Å². The number of pyridine rings is 1. The second-order valence-electron chi connectivity index (χ2n) is 10.6. The Morgan fingerprint density at radius 3 is 2.78 bits per heavy atom. The molecule has 2 N–H and O–H groups in total. The zero-order chi connectivity index (χ0) is 26.0. The highest BCUT2D eigenvalue weighted by atomic mass is 16.6. The summed E-state index contributed by atoms with van der Waals surface area (Å²) in [5.41, 5.74) is 5.30. The lowest BCUT2D eigenvalue weighted by molar-refractivity contribution is -0.0390. The molecule has 5 rings (SSSR count). The van der Waals surface area contributed by atoms with Crippen LogP contribution in [0, 0.1) is 0 Å². The van der Waals surface area contributed by atoms with E-state index < -0.39 is 11.7 Å². The highest BCUT2D eigenvalue weighted by Gasteiger charge is 2.21. The number of aromatic nitrogens is 5. The Morgan fingerprint density at radius 1 is 1.24 bits per heavy atom. The minimum atomic E-state index is -0.524. The van der Waals surface area contributed by atoms with Crippen molar-refractivity contribution < 1.29 is 14.3 Å². The molecule has 0 bridgehead atoms. The number of carbonyl (C=O) groups excluding carboxylic acids is 1. The number of benzene rings is 1. The third-order valence-corrected chi connectivity index (χ3v) is 6.53. The predicted molar refractivity (Wildman–Crippen MR) is 142 cm³/mol. The third kappa shape index (κ3) is 5.67. The number of alkyl carbamates (subject to hydrolysis) is 1. The van der Waals surface area contributed by atoms with E-state index in [1.54, 1.807) is 0 Å². The molecule has 0 radical (unpaired) electrons. The molecule has 37 heavy (non-hydrogen) atoms. The van der Waals surface area contributed by atoms with Crippen LogP contribution in [0.15, 0.2) is 49.1 Å². The van der Waals surface area contributed by atoms with Crippen LogP contribution >= 0.6 is 0 Å². The van der Waals surface area contributed by atoms with E-state index in [4.69, 9.17) is 19.6 Å². The van der Waals surface area contributed by atoms with Crippen LogP contribution in [0.2, 0.25) is 0 Å². The van der Waals surface area contributed by atoms with Gasteiger partial charge in [-0.1, -0.05) is 13.0 Å². The van der Waals surface area contributed by atoms with Gasteiger partial charge in [-0.25, -0.2) is 9.48 Å². The second kappa shape index (κ2) is 10.3. The Morgan fingerprint density at radius 2 is 2.11 bits per heavy atom. The van der Waals surface area contributed by atoms with E-state index in [1.807, 2.05) is 56.2 Å². The molecule has 0 saturated carbocycles. The predicted octanol–water partition coefficient (Wildman–Crippen LogP) is 5.82. The first-order chi connectivity index (χ1) is 17.8. The van der Waals surface area contributed by atoms with E-state index in [0.717, 1.165) is 64.7 Å². The molecule has 1 aromatic carbocycles. The number of amides is 1. The molecule has 9 heteroatoms. The van der Waals surface area contributed by atoms with Gasteiger partial charge in [0.25, 0.3) is 0 Å². The van der Waals surface area contributed by atoms with Gasteiger partial charge in [0, 0.05) is 59.7 Å². The number of fused-ring (bicyclic) bond motifs is 1. The van der Waals surface area contributed by atoms with E-state index >= 15 is 0 Å². The number of hydrogen-bond acceptors (Lipinski definition) is 6. The molecule has 2 unspecified atom stereocenters. The van der Waals surface area contributed by atoms with E-state index in [0.29, 0.717) is 6.54 Å². The maximum absolute atomic E-state index is 12.0. The zero-order valence-corrected chi connectivity index (χ0v) is 21.8. The van der Waals surface area contributed by atoms with E-state index in [2.05, 4.69) is 40.8 Å². The summed E-state index contributed by atoms with van der Waals surface area (Å²) in [7, 11) is 0. The lowest BCUT2D eigenvalue weighted by Gasteiger charge is -2.22. The maximum atomic E-state index is 12.0. The molecule has 0 spiro atoms. The highest BCUT2D eigenvalue weighted by Crippen LogP contribution is 2.38. The van der Waals surface area contributed by atoms with Gasteiger partial charge in [0.1, 0.15) is 11.8 Å². The molecule has 1 fully saturated rings. The van der Waals surface area contributed by atoms with Crippen molar-refractivity contribution in [2.45, 2.75) is 64.7 Å². The number of nitrogens with one attached hydrogen (secondary N) is 2. The summed E-state index contributed by atoms with van der Waals surface area (Å²) >= 11 is 0. The Hall–Kier alpha value is -3.72. The maximum Gasteiger partial charge on any atom is 0.407 e. The van der Waals surface area contributed by atoms with Gasteiger partial charge in [-0.05, 0) is 63.8 Å². The van der Waals surface area contributed by atoms with Crippen LogP contribution in [0.1, 0.15) is 64.7 Å². The van der Waals surface area contributed by atoms with Crippen LogP contribution in [-0.4, -0.2) is 49.8 Å². The van der Waals surface area contributed by atoms with Crippen molar-refractivity contribution in [3.05, 3.63) is 54.6 Å². The average molecular weight is 503 g/mol. The summed E-state index contributed by atoms with van der Waals surface area (Å²) in [6.45, 7) is 8.83. The van der Waals surface area contributed by atoms with Crippen LogP contribution in [0.4, 0.5) is 4.79 Å². The fourth-order valence-electron chi connectivity index (χ4n) is 4.63. The Kier molecular flexibility index (Phi) is 6.97. The van der Waals surface area contributed by atoms with Crippen molar-refractivity contribution in [1.82, 2.24) is 30.3 Å². The Bertz CT molecular complexity index is 1350. The summed E-state index contributed by atoms with van der Waals surface area (Å²) in [6.07, 6.45) is 10.4. The van der Waals surface area contributed by atoms with E-state index in [9.17, 15) is 4.79 Å². The van der Waals surface area contributed by atoms with Gasteiger partial charge in [0.05, 0.1) is 17.4 Å². The van der Waals surface area contributed by atoms with Crippen LogP contribution in [0.3, 0.4) is 0 Å². The normalized spacial score (nSPS) is 17.0. The molecule has 1 aliphatic rings. The first-order valence-corrected chi connectivity index (χ1v) is 12.8. The fourth-order valence-corrected chi connectivity index (χ4v) is 4.63. The molecule has 4 aromatic rings. The minimum absolute atomic E-state index is 0.0324. The molecular formula is C28H34N6O3. The summed E-state index contributed by atoms with van der Waals surface area (Å²) in [5.74, 6) is 0.0821.